The number of carbonyl (C=O) groups excluding carboxylic acids is 3. The maximum absolute atomic E-state index is 13.4. The lowest BCUT2D eigenvalue weighted by atomic mass is 9.69. The van der Waals surface area contributed by atoms with E-state index in [1.807, 2.05) is 17.9 Å². The summed E-state index contributed by atoms with van der Waals surface area (Å²) in [5, 5.41) is 7.32. The fraction of sp³-hybridized carbons (Fsp3) is 0.684. The summed E-state index contributed by atoms with van der Waals surface area (Å²) in [6.45, 7) is 4.56. The molecule has 0 aromatic carbocycles. The van der Waals surface area contributed by atoms with Gasteiger partial charge in [-0.15, -0.1) is 0 Å². The molecule has 4 heterocycles. The lowest BCUT2D eigenvalue weighted by Gasteiger charge is -2.50. The summed E-state index contributed by atoms with van der Waals surface area (Å²) < 4.78 is 1.64. The van der Waals surface area contributed by atoms with E-state index in [0.29, 0.717) is 32.4 Å². The summed E-state index contributed by atoms with van der Waals surface area (Å²) in [6, 6.07) is 1.69. The number of aromatic nitrogens is 2. The summed E-state index contributed by atoms with van der Waals surface area (Å²) in [4.78, 5) is 41.9. The highest BCUT2D eigenvalue weighted by molar-refractivity contribution is 5.89. The fourth-order valence-corrected chi connectivity index (χ4v) is 4.72. The summed E-state index contributed by atoms with van der Waals surface area (Å²) in [5.74, 6) is 0.0936. The molecule has 4 rings (SSSR count). The molecule has 0 radical (unpaired) electrons. The minimum absolute atomic E-state index is 0.0108. The van der Waals surface area contributed by atoms with Crippen molar-refractivity contribution in [2.45, 2.75) is 51.6 Å². The van der Waals surface area contributed by atoms with Crippen LogP contribution in [0.4, 0.5) is 0 Å². The van der Waals surface area contributed by atoms with Gasteiger partial charge in [-0.05, 0) is 38.7 Å². The number of hydrogen-bond acceptors (Lipinski definition) is 4. The molecule has 3 saturated heterocycles. The number of piperidine rings is 2. The molecule has 0 unspecified atom stereocenters. The lowest BCUT2D eigenvalue weighted by molar-refractivity contribution is -0.155. The van der Waals surface area contributed by atoms with Crippen LogP contribution in [0.2, 0.25) is 0 Å². The second kappa shape index (κ2) is 6.98. The molecule has 0 spiro atoms. The number of carbonyl (C=O) groups is 3. The summed E-state index contributed by atoms with van der Waals surface area (Å²) >= 11 is 0. The van der Waals surface area contributed by atoms with E-state index in [9.17, 15) is 14.4 Å². The van der Waals surface area contributed by atoms with Crippen LogP contribution in [0.3, 0.4) is 0 Å². The van der Waals surface area contributed by atoms with Crippen LogP contribution in [-0.2, 0) is 20.9 Å². The topological polar surface area (TPSA) is 87.5 Å². The number of likely N-dealkylation sites (tertiary alicyclic amines) is 2. The molecule has 3 amide bonds. The zero-order chi connectivity index (χ0) is 19.0. The van der Waals surface area contributed by atoms with Crippen LogP contribution in [-0.4, -0.2) is 69.5 Å². The van der Waals surface area contributed by atoms with Gasteiger partial charge in [0.2, 0.25) is 17.7 Å². The SMILES string of the molecule is Cc1ccn(CC(=O)N2CC[C@H]3NC(=O)CC[C@]3(C(=O)N3CCCC3)C2)n1. The van der Waals surface area contributed by atoms with E-state index < -0.39 is 5.41 Å². The van der Waals surface area contributed by atoms with Gasteiger partial charge in [-0.25, -0.2) is 0 Å². The Morgan fingerprint density at radius 2 is 2.04 bits per heavy atom. The van der Waals surface area contributed by atoms with E-state index in [-0.39, 0.29) is 30.3 Å². The molecule has 0 aliphatic carbocycles. The Morgan fingerprint density at radius 3 is 2.74 bits per heavy atom. The van der Waals surface area contributed by atoms with Crippen LogP contribution in [0.5, 0.6) is 0 Å². The van der Waals surface area contributed by atoms with Gasteiger partial charge in [-0.3, -0.25) is 19.1 Å². The van der Waals surface area contributed by atoms with Crippen molar-refractivity contribution < 1.29 is 14.4 Å². The molecular formula is C19H27N5O3. The molecule has 8 heteroatoms. The molecule has 1 N–H and O–H groups in total. The highest BCUT2D eigenvalue weighted by Crippen LogP contribution is 2.40. The quantitative estimate of drug-likeness (QED) is 0.826. The van der Waals surface area contributed by atoms with Gasteiger partial charge in [0, 0.05) is 44.8 Å². The van der Waals surface area contributed by atoms with Gasteiger partial charge in [0.15, 0.2) is 0 Å². The minimum atomic E-state index is -0.688. The fourth-order valence-electron chi connectivity index (χ4n) is 4.72. The van der Waals surface area contributed by atoms with E-state index in [2.05, 4.69) is 10.4 Å². The number of hydrogen-bond donors (Lipinski definition) is 1. The molecule has 146 valence electrons. The molecular weight excluding hydrogens is 346 g/mol. The van der Waals surface area contributed by atoms with E-state index in [1.54, 1.807) is 15.8 Å². The average molecular weight is 373 g/mol. The summed E-state index contributed by atoms with van der Waals surface area (Å²) in [6.07, 6.45) is 5.33. The van der Waals surface area contributed by atoms with Gasteiger partial charge in [-0.1, -0.05) is 0 Å². The third-order valence-corrected chi connectivity index (χ3v) is 6.20. The van der Waals surface area contributed by atoms with Crippen molar-refractivity contribution >= 4 is 17.7 Å². The second-order valence-corrected chi connectivity index (χ2v) is 8.03. The normalized spacial score (nSPS) is 28.0. The molecule has 1 aromatic rings. The van der Waals surface area contributed by atoms with Crippen molar-refractivity contribution in [1.29, 1.82) is 0 Å². The van der Waals surface area contributed by atoms with Crippen LogP contribution in [0.15, 0.2) is 12.3 Å². The Balaban J connectivity index is 1.54. The van der Waals surface area contributed by atoms with Crippen molar-refractivity contribution in [2.24, 2.45) is 5.41 Å². The molecule has 1 aromatic heterocycles. The smallest absolute Gasteiger partial charge is 0.244 e. The Labute approximate surface area is 158 Å². The van der Waals surface area contributed by atoms with Gasteiger partial charge in [-0.2, -0.15) is 5.10 Å². The lowest BCUT2D eigenvalue weighted by Crippen LogP contribution is -2.67. The number of nitrogens with one attached hydrogen (secondary N) is 1. The minimum Gasteiger partial charge on any atom is -0.352 e. The van der Waals surface area contributed by atoms with Crippen molar-refractivity contribution in [3.63, 3.8) is 0 Å². The molecule has 3 aliphatic heterocycles. The zero-order valence-electron chi connectivity index (χ0n) is 15.8. The highest BCUT2D eigenvalue weighted by atomic mass is 16.2. The number of rotatable bonds is 3. The van der Waals surface area contributed by atoms with Gasteiger partial charge in [0.1, 0.15) is 6.54 Å². The number of aryl methyl sites for hydroxylation is 1. The summed E-state index contributed by atoms with van der Waals surface area (Å²) in [7, 11) is 0. The van der Waals surface area contributed by atoms with Gasteiger partial charge in [0.05, 0.1) is 11.1 Å². The van der Waals surface area contributed by atoms with Crippen LogP contribution in [0.1, 0.15) is 37.8 Å². The largest absolute Gasteiger partial charge is 0.352 e. The first-order valence-electron chi connectivity index (χ1n) is 9.84. The van der Waals surface area contributed by atoms with Crippen molar-refractivity contribution in [2.75, 3.05) is 26.2 Å². The van der Waals surface area contributed by atoms with Crippen molar-refractivity contribution in [1.82, 2.24) is 24.9 Å². The zero-order valence-corrected chi connectivity index (χ0v) is 15.8. The molecule has 27 heavy (non-hydrogen) atoms. The van der Waals surface area contributed by atoms with Gasteiger partial charge >= 0.3 is 0 Å². The van der Waals surface area contributed by atoms with Crippen molar-refractivity contribution in [3.05, 3.63) is 18.0 Å². The number of fused-ring (bicyclic) bond motifs is 1. The summed E-state index contributed by atoms with van der Waals surface area (Å²) in [5.41, 5.74) is 0.184. The Kier molecular flexibility index (Phi) is 4.65. The third-order valence-electron chi connectivity index (χ3n) is 6.20. The Bertz CT molecular complexity index is 754. The van der Waals surface area contributed by atoms with Gasteiger partial charge < -0.3 is 15.1 Å². The van der Waals surface area contributed by atoms with Crippen LogP contribution < -0.4 is 5.32 Å². The predicted octanol–water partition coefficient (Wildman–Crippen LogP) is 0.311. The van der Waals surface area contributed by atoms with Crippen LogP contribution >= 0.6 is 0 Å². The molecule has 8 nitrogen and oxygen atoms in total. The highest BCUT2D eigenvalue weighted by Gasteiger charge is 2.54. The second-order valence-electron chi connectivity index (χ2n) is 8.03. The first-order chi connectivity index (χ1) is 13.0. The average Bonchev–Trinajstić information content (AvgIpc) is 3.32. The first-order valence-corrected chi connectivity index (χ1v) is 9.84. The third kappa shape index (κ3) is 3.33. The Morgan fingerprint density at radius 1 is 1.26 bits per heavy atom. The standard InChI is InChI=1S/C19H27N5O3/c1-14-5-11-24(21-14)12-17(26)23-10-6-15-19(13-23,7-4-16(25)20-15)18(27)22-8-2-3-9-22/h5,11,15H,2-4,6-10,12-13H2,1H3,(H,20,25)/t15-,19+/m1/s1. The van der Waals surface area contributed by atoms with E-state index in [4.69, 9.17) is 0 Å². The molecule has 3 aliphatic rings. The Hall–Kier alpha value is -2.38. The first kappa shape index (κ1) is 18.0. The molecule has 3 fully saturated rings. The van der Waals surface area contributed by atoms with Gasteiger partial charge in [0.25, 0.3) is 0 Å². The molecule has 0 saturated carbocycles. The van der Waals surface area contributed by atoms with E-state index in [1.165, 1.54) is 0 Å². The number of nitrogens with zero attached hydrogens (tertiary/aromatic N) is 4. The maximum Gasteiger partial charge on any atom is 0.244 e. The van der Waals surface area contributed by atoms with Crippen molar-refractivity contribution in [3.8, 4) is 0 Å². The predicted molar refractivity (Wildman–Crippen MR) is 97.6 cm³/mol. The monoisotopic (exact) mass is 373 g/mol. The molecule has 2 atom stereocenters. The molecule has 0 bridgehead atoms. The van der Waals surface area contributed by atoms with E-state index in [0.717, 1.165) is 31.6 Å². The van der Waals surface area contributed by atoms with Crippen LogP contribution in [0.25, 0.3) is 0 Å². The number of amides is 3. The van der Waals surface area contributed by atoms with E-state index >= 15 is 0 Å². The van der Waals surface area contributed by atoms with Crippen LogP contribution in [0, 0.1) is 12.3 Å². The maximum atomic E-state index is 13.4.